The third kappa shape index (κ3) is 7.75. The predicted molar refractivity (Wildman–Crippen MR) is 81.6 cm³/mol. The van der Waals surface area contributed by atoms with Gasteiger partial charge in [-0.2, -0.15) is 4.31 Å². The van der Waals surface area contributed by atoms with Crippen molar-refractivity contribution in [3.63, 3.8) is 0 Å². The molecule has 1 atom stereocenters. The lowest BCUT2D eigenvalue weighted by atomic mass is 10.2. The van der Waals surface area contributed by atoms with Gasteiger partial charge in [-0.3, -0.25) is 4.79 Å². The summed E-state index contributed by atoms with van der Waals surface area (Å²) in [7, 11) is 0.527. The van der Waals surface area contributed by atoms with Gasteiger partial charge in [-0.1, -0.05) is 0 Å². The van der Waals surface area contributed by atoms with Gasteiger partial charge >= 0.3 is 0 Å². The fourth-order valence-corrected chi connectivity index (χ4v) is 2.96. The highest BCUT2D eigenvalue weighted by atomic mass is 32.2. The van der Waals surface area contributed by atoms with Crippen molar-refractivity contribution in [1.29, 1.82) is 0 Å². The molecule has 0 aromatic heterocycles. The minimum atomic E-state index is -3.41. The quantitative estimate of drug-likeness (QED) is 0.579. The van der Waals surface area contributed by atoms with Crippen LogP contribution in [0.15, 0.2) is 0 Å². The summed E-state index contributed by atoms with van der Waals surface area (Å²) in [6, 6.07) is 0. The number of nitrogens with zero attached hydrogens (tertiary/aromatic N) is 2. The summed E-state index contributed by atoms with van der Waals surface area (Å²) >= 11 is 0. The van der Waals surface area contributed by atoms with Gasteiger partial charge < -0.3 is 15.0 Å². The van der Waals surface area contributed by atoms with Gasteiger partial charge in [0.05, 0.1) is 18.9 Å². The summed E-state index contributed by atoms with van der Waals surface area (Å²) in [5.74, 6) is -0.267. The van der Waals surface area contributed by atoms with E-state index in [1.807, 2.05) is 19.0 Å². The van der Waals surface area contributed by atoms with Gasteiger partial charge in [-0.25, -0.2) is 8.42 Å². The molecule has 1 N–H and O–H groups in total. The molecule has 8 heteroatoms. The number of hydrogen-bond donors (Lipinski definition) is 1. The fraction of sp³-hybridized carbons (Fsp3) is 0.923. The van der Waals surface area contributed by atoms with Gasteiger partial charge in [0, 0.05) is 19.7 Å². The Morgan fingerprint density at radius 1 is 1.38 bits per heavy atom. The standard InChI is InChI=1S/C13H27N3O4S/c1-15(2)8-5-7-14-13(17)11-16(21(3,18)19)10-12-6-4-9-20-12/h12H,4-11H2,1-3H3,(H,14,17). The molecule has 0 aromatic carbocycles. The van der Waals surface area contributed by atoms with Crippen LogP contribution in [-0.2, 0) is 19.6 Å². The SMILES string of the molecule is CN(C)CCCNC(=O)CN(CC1CCCO1)S(C)(=O)=O. The topological polar surface area (TPSA) is 79.0 Å². The van der Waals surface area contributed by atoms with Crippen LogP contribution in [0.25, 0.3) is 0 Å². The zero-order valence-corrected chi connectivity index (χ0v) is 14.0. The molecule has 1 rings (SSSR count). The molecule has 1 aliphatic rings. The van der Waals surface area contributed by atoms with Crippen molar-refractivity contribution in [2.45, 2.75) is 25.4 Å². The molecule has 1 heterocycles. The largest absolute Gasteiger partial charge is 0.377 e. The van der Waals surface area contributed by atoms with Crippen molar-refractivity contribution in [2.24, 2.45) is 0 Å². The third-order valence-corrected chi connectivity index (χ3v) is 4.54. The number of hydrogen-bond acceptors (Lipinski definition) is 5. The van der Waals surface area contributed by atoms with E-state index >= 15 is 0 Å². The van der Waals surface area contributed by atoms with Gasteiger partial charge in [0.1, 0.15) is 0 Å². The van der Waals surface area contributed by atoms with E-state index in [4.69, 9.17) is 4.74 Å². The number of nitrogens with one attached hydrogen (secondary N) is 1. The van der Waals surface area contributed by atoms with E-state index in [2.05, 4.69) is 5.32 Å². The lowest BCUT2D eigenvalue weighted by molar-refractivity contribution is -0.121. The second kappa shape index (κ2) is 8.67. The first-order valence-corrected chi connectivity index (χ1v) is 9.12. The van der Waals surface area contributed by atoms with Gasteiger partial charge in [0.25, 0.3) is 0 Å². The lowest BCUT2D eigenvalue weighted by Gasteiger charge is -2.22. The van der Waals surface area contributed by atoms with Crippen LogP contribution in [0.4, 0.5) is 0 Å². The molecule has 1 aliphatic heterocycles. The van der Waals surface area contributed by atoms with Crippen LogP contribution >= 0.6 is 0 Å². The molecule has 21 heavy (non-hydrogen) atoms. The Kier molecular flexibility index (Phi) is 7.58. The second-order valence-electron chi connectivity index (χ2n) is 5.70. The maximum Gasteiger partial charge on any atom is 0.235 e. The van der Waals surface area contributed by atoms with Gasteiger partial charge in [0.2, 0.25) is 15.9 Å². The van der Waals surface area contributed by atoms with Crippen molar-refractivity contribution < 1.29 is 17.9 Å². The number of carbonyl (C=O) groups excluding carboxylic acids is 1. The summed E-state index contributed by atoms with van der Waals surface area (Å²) in [5.41, 5.74) is 0. The molecular weight excluding hydrogens is 294 g/mol. The molecule has 0 bridgehead atoms. The van der Waals surface area contributed by atoms with Crippen molar-refractivity contribution in [2.75, 3.05) is 53.1 Å². The highest BCUT2D eigenvalue weighted by Crippen LogP contribution is 2.14. The molecule has 1 unspecified atom stereocenters. The molecule has 7 nitrogen and oxygen atoms in total. The minimum absolute atomic E-state index is 0.0961. The van der Waals surface area contributed by atoms with Crippen molar-refractivity contribution in [3.05, 3.63) is 0 Å². The number of amides is 1. The number of carbonyl (C=O) groups is 1. The smallest absolute Gasteiger partial charge is 0.235 e. The summed E-state index contributed by atoms with van der Waals surface area (Å²) in [4.78, 5) is 13.9. The zero-order valence-electron chi connectivity index (χ0n) is 13.2. The maximum atomic E-state index is 11.8. The Morgan fingerprint density at radius 2 is 2.10 bits per heavy atom. The molecule has 0 spiro atoms. The number of sulfonamides is 1. The second-order valence-corrected chi connectivity index (χ2v) is 7.68. The Morgan fingerprint density at radius 3 is 2.62 bits per heavy atom. The molecular formula is C13H27N3O4S. The van der Waals surface area contributed by atoms with Crippen LogP contribution in [0.5, 0.6) is 0 Å². The summed E-state index contributed by atoms with van der Waals surface area (Å²) in [5, 5.41) is 2.75. The highest BCUT2D eigenvalue weighted by molar-refractivity contribution is 7.88. The van der Waals surface area contributed by atoms with E-state index in [0.717, 1.165) is 32.1 Å². The van der Waals surface area contributed by atoms with Crippen LogP contribution < -0.4 is 5.32 Å². The van der Waals surface area contributed by atoms with E-state index in [1.165, 1.54) is 4.31 Å². The van der Waals surface area contributed by atoms with Crippen LogP contribution in [0, 0.1) is 0 Å². The molecule has 1 fully saturated rings. The van der Waals surface area contributed by atoms with E-state index in [9.17, 15) is 13.2 Å². The lowest BCUT2D eigenvalue weighted by Crippen LogP contribution is -2.44. The summed E-state index contributed by atoms with van der Waals surface area (Å²) in [6.07, 6.45) is 3.65. The maximum absolute atomic E-state index is 11.8. The van der Waals surface area contributed by atoms with Crippen LogP contribution in [0.3, 0.4) is 0 Å². The zero-order chi connectivity index (χ0) is 15.9. The van der Waals surface area contributed by atoms with Gasteiger partial charge in [0.15, 0.2) is 0 Å². The van der Waals surface area contributed by atoms with Crippen molar-refractivity contribution >= 4 is 15.9 Å². The molecule has 0 aliphatic carbocycles. The van der Waals surface area contributed by atoms with E-state index < -0.39 is 10.0 Å². The molecule has 0 saturated carbocycles. The van der Waals surface area contributed by atoms with Crippen LogP contribution in [0.2, 0.25) is 0 Å². The average molecular weight is 321 g/mol. The Hall–Kier alpha value is -0.700. The van der Waals surface area contributed by atoms with Crippen LogP contribution in [-0.4, -0.2) is 82.8 Å². The summed E-state index contributed by atoms with van der Waals surface area (Å²) in [6.45, 7) is 2.21. The van der Waals surface area contributed by atoms with Gasteiger partial charge in [-0.15, -0.1) is 0 Å². The predicted octanol–water partition coefficient (Wildman–Crippen LogP) is -0.505. The normalized spacial score (nSPS) is 19.4. The van der Waals surface area contributed by atoms with E-state index in [0.29, 0.717) is 13.2 Å². The van der Waals surface area contributed by atoms with Gasteiger partial charge in [-0.05, 0) is 39.9 Å². The average Bonchev–Trinajstić information content (AvgIpc) is 2.85. The monoisotopic (exact) mass is 321 g/mol. The molecule has 0 radical (unpaired) electrons. The molecule has 1 saturated heterocycles. The molecule has 1 amide bonds. The molecule has 124 valence electrons. The highest BCUT2D eigenvalue weighted by Gasteiger charge is 2.26. The Labute approximate surface area is 127 Å². The van der Waals surface area contributed by atoms with Crippen LogP contribution in [0.1, 0.15) is 19.3 Å². The number of ether oxygens (including phenoxy) is 1. The first kappa shape index (κ1) is 18.3. The summed E-state index contributed by atoms with van der Waals surface area (Å²) < 4.78 is 30.2. The van der Waals surface area contributed by atoms with Crippen molar-refractivity contribution in [1.82, 2.24) is 14.5 Å². The minimum Gasteiger partial charge on any atom is -0.377 e. The van der Waals surface area contributed by atoms with E-state index in [-0.39, 0.29) is 25.1 Å². The van der Waals surface area contributed by atoms with Crippen molar-refractivity contribution in [3.8, 4) is 0 Å². The fourth-order valence-electron chi connectivity index (χ4n) is 2.17. The first-order chi connectivity index (χ1) is 9.79. The Bertz CT molecular complexity index is 419. The third-order valence-electron chi connectivity index (χ3n) is 3.32. The molecule has 0 aromatic rings. The Balaban J connectivity index is 2.39. The number of rotatable bonds is 9. The first-order valence-electron chi connectivity index (χ1n) is 7.27. The van der Waals surface area contributed by atoms with E-state index in [1.54, 1.807) is 0 Å².